The molecule has 0 amide bonds. The van der Waals surface area contributed by atoms with E-state index >= 15 is 0 Å². The molecule has 0 aromatic heterocycles. The van der Waals surface area contributed by atoms with Crippen molar-refractivity contribution in [3.8, 4) is 0 Å². The highest BCUT2D eigenvalue weighted by Crippen LogP contribution is 2.32. The van der Waals surface area contributed by atoms with Gasteiger partial charge in [-0.1, -0.05) is 20.8 Å². The van der Waals surface area contributed by atoms with Gasteiger partial charge in [-0.15, -0.1) is 0 Å². The molecule has 110 valence electrons. The number of rotatable bonds is 7. The number of hydrogen-bond acceptors (Lipinski definition) is 3. The first kappa shape index (κ1) is 17.9. The molecule has 0 aromatic carbocycles. The van der Waals surface area contributed by atoms with Gasteiger partial charge in [-0.2, -0.15) is 0 Å². The minimum Gasteiger partial charge on any atom is -0.379 e. The average molecular weight is 259 g/mol. The molecule has 3 heteroatoms. The Bertz CT molecular complexity index is 239. The van der Waals surface area contributed by atoms with Gasteiger partial charge in [-0.05, 0) is 46.5 Å². The molecule has 0 saturated carbocycles. The van der Waals surface area contributed by atoms with Crippen LogP contribution in [0.15, 0.2) is 0 Å². The Hall–Kier alpha value is -0.120. The summed E-state index contributed by atoms with van der Waals surface area (Å²) in [5, 5.41) is 0. The highest BCUT2D eigenvalue weighted by molar-refractivity contribution is 4.81. The van der Waals surface area contributed by atoms with Gasteiger partial charge in [0.1, 0.15) is 5.72 Å². The molecule has 1 atom stereocenters. The zero-order chi connectivity index (χ0) is 14.6. The summed E-state index contributed by atoms with van der Waals surface area (Å²) < 4.78 is 11.6. The molecule has 2 N–H and O–H groups in total. The van der Waals surface area contributed by atoms with Crippen LogP contribution in [0.4, 0.5) is 0 Å². The highest BCUT2D eigenvalue weighted by Gasteiger charge is 2.32. The van der Waals surface area contributed by atoms with Gasteiger partial charge in [0.15, 0.2) is 0 Å². The van der Waals surface area contributed by atoms with Crippen LogP contribution in [0.1, 0.15) is 68.2 Å². The Balaban J connectivity index is 4.28. The summed E-state index contributed by atoms with van der Waals surface area (Å²) in [5.41, 5.74) is 5.58. The topological polar surface area (TPSA) is 44.5 Å². The smallest absolute Gasteiger partial charge is 0.116 e. The fourth-order valence-corrected chi connectivity index (χ4v) is 2.49. The van der Waals surface area contributed by atoms with Crippen LogP contribution >= 0.6 is 0 Å². The Labute approximate surface area is 113 Å². The Morgan fingerprint density at radius 1 is 1.00 bits per heavy atom. The molecule has 0 aliphatic heterocycles. The lowest BCUT2D eigenvalue weighted by Gasteiger charge is -2.39. The second kappa shape index (κ2) is 6.36. The van der Waals surface area contributed by atoms with E-state index in [9.17, 15) is 0 Å². The van der Waals surface area contributed by atoms with Gasteiger partial charge in [0.05, 0.1) is 18.3 Å². The fourth-order valence-electron chi connectivity index (χ4n) is 2.49. The predicted molar refractivity (Wildman–Crippen MR) is 77.5 cm³/mol. The van der Waals surface area contributed by atoms with Crippen LogP contribution in [0.25, 0.3) is 0 Å². The summed E-state index contributed by atoms with van der Waals surface area (Å²) in [4.78, 5) is 0. The van der Waals surface area contributed by atoms with Crippen LogP contribution in [0.3, 0.4) is 0 Å². The Morgan fingerprint density at radius 3 is 1.89 bits per heavy atom. The summed E-state index contributed by atoms with van der Waals surface area (Å²) in [6, 6.07) is 0. The Morgan fingerprint density at radius 2 is 1.50 bits per heavy atom. The predicted octanol–water partition coefficient (Wildman–Crippen LogP) is 3.71. The standard InChI is InChI=1S/C15H33NO2/c1-12(2)17-10-9-15(8,16)18-14(6,7)11-13(3,4)5/h12H,9-11,16H2,1-8H3. The lowest BCUT2D eigenvalue weighted by molar-refractivity contribution is -0.152. The molecule has 0 radical (unpaired) electrons. The minimum atomic E-state index is -0.635. The van der Waals surface area contributed by atoms with E-state index in [0.717, 1.165) is 6.42 Å². The molecule has 0 heterocycles. The van der Waals surface area contributed by atoms with Gasteiger partial charge in [0.2, 0.25) is 0 Å². The first-order valence-corrected chi connectivity index (χ1v) is 6.94. The third-order valence-corrected chi connectivity index (χ3v) is 2.52. The number of ether oxygens (including phenoxy) is 2. The van der Waals surface area contributed by atoms with Crippen molar-refractivity contribution in [2.24, 2.45) is 11.1 Å². The third-order valence-electron chi connectivity index (χ3n) is 2.52. The van der Waals surface area contributed by atoms with E-state index in [4.69, 9.17) is 15.2 Å². The molecule has 0 aliphatic rings. The van der Waals surface area contributed by atoms with E-state index in [1.165, 1.54) is 0 Å². The summed E-state index contributed by atoms with van der Waals surface area (Å²) in [6.45, 7) is 17.5. The summed E-state index contributed by atoms with van der Waals surface area (Å²) >= 11 is 0. The van der Waals surface area contributed by atoms with E-state index in [0.29, 0.717) is 13.0 Å². The van der Waals surface area contributed by atoms with Crippen molar-refractivity contribution in [2.75, 3.05) is 6.61 Å². The van der Waals surface area contributed by atoms with Crippen LogP contribution < -0.4 is 5.73 Å². The van der Waals surface area contributed by atoms with Gasteiger partial charge in [-0.25, -0.2) is 0 Å². The second-order valence-electron chi connectivity index (χ2n) is 7.58. The van der Waals surface area contributed by atoms with Crippen LogP contribution in [0, 0.1) is 5.41 Å². The van der Waals surface area contributed by atoms with Crippen molar-refractivity contribution in [1.29, 1.82) is 0 Å². The molecule has 0 saturated heterocycles. The van der Waals surface area contributed by atoms with Crippen molar-refractivity contribution < 1.29 is 9.47 Å². The zero-order valence-corrected chi connectivity index (χ0v) is 13.6. The molecule has 0 bridgehead atoms. The van der Waals surface area contributed by atoms with E-state index in [-0.39, 0.29) is 17.1 Å². The van der Waals surface area contributed by atoms with E-state index in [1.807, 2.05) is 20.8 Å². The molecule has 0 spiro atoms. The van der Waals surface area contributed by atoms with Crippen molar-refractivity contribution in [3.05, 3.63) is 0 Å². The SMILES string of the molecule is CC(C)OCCC(C)(N)OC(C)(C)CC(C)(C)C. The van der Waals surface area contributed by atoms with Crippen LogP contribution in [0.5, 0.6) is 0 Å². The van der Waals surface area contributed by atoms with Crippen molar-refractivity contribution in [1.82, 2.24) is 0 Å². The molecule has 0 aromatic rings. The lowest BCUT2D eigenvalue weighted by Crippen LogP contribution is -2.48. The largest absolute Gasteiger partial charge is 0.379 e. The van der Waals surface area contributed by atoms with Crippen molar-refractivity contribution >= 4 is 0 Å². The molecule has 0 aliphatic carbocycles. The number of nitrogens with two attached hydrogens (primary N) is 1. The average Bonchev–Trinajstić information content (AvgIpc) is 1.93. The third kappa shape index (κ3) is 9.86. The summed E-state index contributed by atoms with van der Waals surface area (Å²) in [6.07, 6.45) is 1.92. The fraction of sp³-hybridized carbons (Fsp3) is 1.00. The molecule has 0 fully saturated rings. The van der Waals surface area contributed by atoms with Gasteiger partial charge >= 0.3 is 0 Å². The highest BCUT2D eigenvalue weighted by atomic mass is 16.5. The molecular weight excluding hydrogens is 226 g/mol. The maximum atomic E-state index is 6.21. The van der Waals surface area contributed by atoms with E-state index in [1.54, 1.807) is 0 Å². The first-order valence-electron chi connectivity index (χ1n) is 6.94. The lowest BCUT2D eigenvalue weighted by atomic mass is 9.83. The minimum absolute atomic E-state index is 0.223. The van der Waals surface area contributed by atoms with Crippen molar-refractivity contribution in [2.45, 2.75) is 85.7 Å². The maximum Gasteiger partial charge on any atom is 0.116 e. The first-order chi connectivity index (χ1) is 7.83. The molecule has 0 rings (SSSR count). The van der Waals surface area contributed by atoms with Gasteiger partial charge < -0.3 is 15.2 Å². The van der Waals surface area contributed by atoms with Gasteiger partial charge in [0, 0.05) is 6.42 Å². The van der Waals surface area contributed by atoms with Gasteiger partial charge in [0.25, 0.3) is 0 Å². The molecule has 3 nitrogen and oxygen atoms in total. The van der Waals surface area contributed by atoms with Crippen molar-refractivity contribution in [3.63, 3.8) is 0 Å². The quantitative estimate of drug-likeness (QED) is 0.709. The molecule has 1 unspecified atom stereocenters. The zero-order valence-electron chi connectivity index (χ0n) is 13.6. The van der Waals surface area contributed by atoms with Gasteiger partial charge in [-0.3, -0.25) is 0 Å². The van der Waals surface area contributed by atoms with E-state index < -0.39 is 5.72 Å². The monoisotopic (exact) mass is 259 g/mol. The van der Waals surface area contributed by atoms with Crippen LogP contribution in [-0.2, 0) is 9.47 Å². The Kier molecular flexibility index (Phi) is 6.31. The van der Waals surface area contributed by atoms with E-state index in [2.05, 4.69) is 34.6 Å². The molecular formula is C15H33NO2. The summed E-state index contributed by atoms with van der Waals surface area (Å²) in [5.74, 6) is 0. The normalized spacial score (nSPS) is 17.0. The van der Waals surface area contributed by atoms with Crippen LogP contribution in [-0.4, -0.2) is 24.0 Å². The molecule has 18 heavy (non-hydrogen) atoms. The summed E-state index contributed by atoms with van der Waals surface area (Å²) in [7, 11) is 0. The number of hydrogen-bond donors (Lipinski definition) is 1. The second-order valence-corrected chi connectivity index (χ2v) is 7.58. The van der Waals surface area contributed by atoms with Crippen LogP contribution in [0.2, 0.25) is 0 Å². The maximum absolute atomic E-state index is 6.21.